The first kappa shape index (κ1) is 19.3. The lowest BCUT2D eigenvalue weighted by molar-refractivity contribution is 0.959. The fourth-order valence-electron chi connectivity index (χ4n) is 3.80. The van der Waals surface area contributed by atoms with Crippen molar-refractivity contribution in [3.8, 4) is 22.8 Å². The van der Waals surface area contributed by atoms with Crippen molar-refractivity contribution in [2.24, 2.45) is 0 Å². The lowest BCUT2D eigenvalue weighted by Crippen LogP contribution is -2.22. The number of aromatic nitrogens is 4. The summed E-state index contributed by atoms with van der Waals surface area (Å²) in [6.45, 7) is 4.07. The fourth-order valence-corrected chi connectivity index (χ4v) is 3.93. The average molecular weight is 427 g/mol. The van der Waals surface area contributed by atoms with Gasteiger partial charge in [-0.3, -0.25) is 13.9 Å². The summed E-state index contributed by atoms with van der Waals surface area (Å²) in [4.78, 5) is 23.0. The topological polar surface area (TPSA) is 52.7 Å². The third kappa shape index (κ3) is 3.33. The second-order valence-electron chi connectivity index (χ2n) is 7.49. The largest absolute Gasteiger partial charge is 0.286 e. The minimum atomic E-state index is -0.225. The van der Waals surface area contributed by atoms with Crippen LogP contribution in [0.2, 0.25) is 5.02 Å². The molecule has 0 bridgehead atoms. The van der Waals surface area contributed by atoms with Crippen LogP contribution in [-0.2, 0) is 0 Å². The molecule has 2 aromatic heterocycles. The Kier molecular flexibility index (Phi) is 4.68. The zero-order valence-electron chi connectivity index (χ0n) is 17.1. The van der Waals surface area contributed by atoms with Crippen LogP contribution in [0.15, 0.2) is 83.9 Å². The van der Waals surface area contributed by atoms with Crippen molar-refractivity contribution in [2.75, 3.05) is 0 Å². The Morgan fingerprint density at radius 3 is 2.32 bits per heavy atom. The molecule has 0 spiro atoms. The third-order valence-corrected chi connectivity index (χ3v) is 5.57. The number of imidazole rings is 1. The van der Waals surface area contributed by atoms with E-state index in [1.54, 1.807) is 23.0 Å². The molecule has 0 saturated carbocycles. The molecule has 0 saturated heterocycles. The smallest absolute Gasteiger partial charge is 0.283 e. The molecule has 0 radical (unpaired) electrons. The molecular formula is C25H19ClN4O. The highest BCUT2D eigenvalue weighted by Gasteiger charge is 2.19. The molecule has 5 aromatic rings. The van der Waals surface area contributed by atoms with Crippen LogP contribution < -0.4 is 5.56 Å². The van der Waals surface area contributed by atoms with Gasteiger partial charge in [-0.2, -0.15) is 0 Å². The van der Waals surface area contributed by atoms with Crippen molar-refractivity contribution in [3.63, 3.8) is 0 Å². The highest BCUT2D eigenvalue weighted by Crippen LogP contribution is 2.27. The van der Waals surface area contributed by atoms with Crippen molar-refractivity contribution in [1.29, 1.82) is 0 Å². The van der Waals surface area contributed by atoms with Crippen molar-refractivity contribution in [1.82, 2.24) is 19.1 Å². The summed E-state index contributed by atoms with van der Waals surface area (Å²) in [6.07, 6.45) is 1.65. The minimum absolute atomic E-state index is 0.225. The first-order valence-corrected chi connectivity index (χ1v) is 10.3. The van der Waals surface area contributed by atoms with Gasteiger partial charge in [0.25, 0.3) is 5.56 Å². The van der Waals surface area contributed by atoms with Crippen LogP contribution in [0.3, 0.4) is 0 Å². The van der Waals surface area contributed by atoms with Crippen molar-refractivity contribution in [3.05, 3.63) is 106 Å². The van der Waals surface area contributed by atoms with Crippen LogP contribution in [-0.4, -0.2) is 19.1 Å². The molecule has 6 heteroatoms. The van der Waals surface area contributed by atoms with E-state index in [0.717, 1.165) is 22.4 Å². The number of benzene rings is 3. The van der Waals surface area contributed by atoms with Gasteiger partial charge in [-0.25, -0.2) is 9.97 Å². The summed E-state index contributed by atoms with van der Waals surface area (Å²) in [5, 5.41) is 0.604. The summed E-state index contributed by atoms with van der Waals surface area (Å²) in [6, 6.07) is 23.1. The molecule has 0 aliphatic carbocycles. The standard InChI is InChI=1S/C25H19ClN4O/c1-16-8-13-21(17(2)14-16)23-28-24-22(27-15-29(24)19-6-4-3-5-7-19)25(31)30(23)20-11-9-18(26)10-12-20/h3-15H,1-2H3. The Morgan fingerprint density at radius 2 is 1.61 bits per heavy atom. The lowest BCUT2D eigenvalue weighted by Gasteiger charge is -2.15. The number of para-hydroxylation sites is 1. The van der Waals surface area contributed by atoms with Crippen molar-refractivity contribution >= 4 is 22.8 Å². The van der Waals surface area contributed by atoms with Gasteiger partial charge in [-0.15, -0.1) is 0 Å². The van der Waals surface area contributed by atoms with E-state index >= 15 is 0 Å². The zero-order chi connectivity index (χ0) is 21.5. The van der Waals surface area contributed by atoms with Gasteiger partial charge in [0.15, 0.2) is 11.2 Å². The van der Waals surface area contributed by atoms with Crippen LogP contribution in [0.1, 0.15) is 11.1 Å². The fraction of sp³-hybridized carbons (Fsp3) is 0.0800. The zero-order valence-corrected chi connectivity index (χ0v) is 17.8. The van der Waals surface area contributed by atoms with Gasteiger partial charge in [-0.05, 0) is 55.8 Å². The highest BCUT2D eigenvalue weighted by molar-refractivity contribution is 6.30. The van der Waals surface area contributed by atoms with Gasteiger partial charge < -0.3 is 0 Å². The van der Waals surface area contributed by atoms with Gasteiger partial charge in [0.2, 0.25) is 0 Å². The molecule has 0 N–H and O–H groups in total. The van der Waals surface area contributed by atoms with Crippen LogP contribution in [0.5, 0.6) is 0 Å². The molecule has 5 rings (SSSR count). The maximum Gasteiger partial charge on any atom is 0.286 e. The molecule has 2 heterocycles. The average Bonchev–Trinajstić information content (AvgIpc) is 3.20. The highest BCUT2D eigenvalue weighted by atomic mass is 35.5. The molecular weight excluding hydrogens is 408 g/mol. The predicted molar refractivity (Wildman–Crippen MR) is 124 cm³/mol. The van der Waals surface area contributed by atoms with E-state index in [-0.39, 0.29) is 5.56 Å². The lowest BCUT2D eigenvalue weighted by atomic mass is 10.0. The second-order valence-corrected chi connectivity index (χ2v) is 7.93. The van der Waals surface area contributed by atoms with Gasteiger partial charge in [-0.1, -0.05) is 53.6 Å². The monoisotopic (exact) mass is 426 g/mol. The summed E-state index contributed by atoms with van der Waals surface area (Å²) in [7, 11) is 0. The van der Waals surface area contributed by atoms with Gasteiger partial charge in [0.1, 0.15) is 12.2 Å². The quantitative estimate of drug-likeness (QED) is 0.382. The maximum absolute atomic E-state index is 13.6. The van der Waals surface area contributed by atoms with E-state index in [1.807, 2.05) is 73.0 Å². The molecule has 0 unspecified atom stereocenters. The Labute approximate surface area is 184 Å². The maximum atomic E-state index is 13.6. The first-order chi connectivity index (χ1) is 15.0. The van der Waals surface area contributed by atoms with E-state index in [0.29, 0.717) is 27.7 Å². The first-order valence-electron chi connectivity index (χ1n) is 9.92. The number of hydrogen-bond donors (Lipinski definition) is 0. The van der Waals surface area contributed by atoms with E-state index in [2.05, 4.69) is 11.1 Å². The van der Waals surface area contributed by atoms with Crippen LogP contribution in [0.25, 0.3) is 33.9 Å². The Hall–Kier alpha value is -3.70. The number of rotatable bonds is 3. The SMILES string of the molecule is Cc1ccc(-c2nc3c(ncn3-c3ccccc3)c(=O)n2-c2ccc(Cl)cc2)c(C)c1. The normalized spacial score (nSPS) is 11.2. The number of aryl methyl sites for hydroxylation is 2. The van der Waals surface area contributed by atoms with E-state index in [4.69, 9.17) is 16.6 Å². The second kappa shape index (κ2) is 7.52. The summed E-state index contributed by atoms with van der Waals surface area (Å²) >= 11 is 6.09. The molecule has 152 valence electrons. The van der Waals surface area contributed by atoms with E-state index in [9.17, 15) is 4.79 Å². The molecule has 31 heavy (non-hydrogen) atoms. The van der Waals surface area contributed by atoms with Crippen molar-refractivity contribution in [2.45, 2.75) is 13.8 Å². The van der Waals surface area contributed by atoms with Gasteiger partial charge in [0, 0.05) is 16.3 Å². The molecule has 0 fully saturated rings. The summed E-state index contributed by atoms with van der Waals surface area (Å²) in [5.74, 6) is 0.565. The summed E-state index contributed by atoms with van der Waals surface area (Å²) < 4.78 is 3.45. The number of halogens is 1. The molecule has 5 nitrogen and oxygen atoms in total. The molecule has 3 aromatic carbocycles. The Morgan fingerprint density at radius 1 is 0.871 bits per heavy atom. The molecule has 0 atom stereocenters. The molecule has 0 aliphatic rings. The van der Waals surface area contributed by atoms with Gasteiger partial charge >= 0.3 is 0 Å². The van der Waals surface area contributed by atoms with Crippen LogP contribution in [0.4, 0.5) is 0 Å². The van der Waals surface area contributed by atoms with E-state index in [1.165, 1.54) is 0 Å². The number of nitrogens with zero attached hydrogens (tertiary/aromatic N) is 4. The van der Waals surface area contributed by atoms with E-state index < -0.39 is 0 Å². The van der Waals surface area contributed by atoms with Gasteiger partial charge in [0.05, 0.1) is 5.69 Å². The molecule has 0 aliphatic heterocycles. The third-order valence-electron chi connectivity index (χ3n) is 5.31. The predicted octanol–water partition coefficient (Wildman–Crippen LogP) is 5.51. The Balaban J connectivity index is 1.88. The molecule has 0 amide bonds. The van der Waals surface area contributed by atoms with Crippen molar-refractivity contribution < 1.29 is 0 Å². The summed E-state index contributed by atoms with van der Waals surface area (Å²) in [5.41, 5.74) is 5.28. The Bertz CT molecular complexity index is 1470. The number of hydrogen-bond acceptors (Lipinski definition) is 3. The number of fused-ring (bicyclic) bond motifs is 1. The minimum Gasteiger partial charge on any atom is -0.283 e. The van der Waals surface area contributed by atoms with Crippen LogP contribution in [0, 0.1) is 13.8 Å². The van der Waals surface area contributed by atoms with Crippen LogP contribution >= 0.6 is 11.6 Å².